The maximum Gasteiger partial charge on any atom is 0.256 e. The molecule has 106 valence electrons. The van der Waals surface area contributed by atoms with Gasteiger partial charge in [-0.3, -0.25) is 0 Å². The summed E-state index contributed by atoms with van der Waals surface area (Å²) < 4.78 is 6.57. The zero-order chi connectivity index (χ0) is 14.8. The number of benzene rings is 1. The first kappa shape index (κ1) is 13.7. The lowest BCUT2D eigenvalue weighted by molar-refractivity contribution is 0.415. The summed E-state index contributed by atoms with van der Waals surface area (Å²) in [5.41, 5.74) is 0.696. The molecule has 0 bridgehead atoms. The van der Waals surface area contributed by atoms with Crippen LogP contribution in [-0.4, -0.2) is 36.8 Å². The minimum atomic E-state index is 0.0550. The summed E-state index contributed by atoms with van der Waals surface area (Å²) in [4.78, 5) is 16.3. The second-order valence-electron chi connectivity index (χ2n) is 3.92. The highest BCUT2D eigenvalue weighted by Crippen LogP contribution is 2.29. The van der Waals surface area contributed by atoms with Crippen LogP contribution in [-0.2, 0) is 0 Å². The third-order valence-corrected chi connectivity index (χ3v) is 3.11. The van der Waals surface area contributed by atoms with Gasteiger partial charge in [-0.15, -0.1) is 0 Å². The van der Waals surface area contributed by atoms with E-state index in [1.165, 1.54) is 24.4 Å². The third-order valence-electron chi connectivity index (χ3n) is 2.63. The van der Waals surface area contributed by atoms with E-state index in [4.69, 9.17) is 27.9 Å². The van der Waals surface area contributed by atoms with E-state index in [2.05, 4.69) is 25.0 Å². The molecule has 7 nitrogen and oxygen atoms in total. The second-order valence-corrected chi connectivity index (χ2v) is 4.66. The summed E-state index contributed by atoms with van der Waals surface area (Å²) in [6, 6.07) is 5.18. The number of nitrogens with zero attached hydrogens (tertiary/aromatic N) is 6. The van der Waals surface area contributed by atoms with Crippen LogP contribution in [0.15, 0.2) is 30.9 Å². The molecule has 0 aliphatic carbocycles. The molecule has 2 heterocycles. The number of hydrogen-bond donors (Lipinski definition) is 0. The Kier molecular flexibility index (Phi) is 3.68. The largest absolute Gasteiger partial charge is 0.495 e. The summed E-state index contributed by atoms with van der Waals surface area (Å²) in [6.45, 7) is 0. The van der Waals surface area contributed by atoms with Crippen molar-refractivity contribution in [3.63, 3.8) is 0 Å². The number of methoxy groups -OCH3 is 1. The first-order valence-corrected chi connectivity index (χ1v) is 6.53. The molecule has 0 aliphatic heterocycles. The van der Waals surface area contributed by atoms with E-state index >= 15 is 0 Å². The summed E-state index contributed by atoms with van der Waals surface area (Å²) in [5.74, 6) is 1.18. The summed E-state index contributed by atoms with van der Waals surface area (Å²) in [7, 11) is 1.53. The summed E-state index contributed by atoms with van der Waals surface area (Å²) >= 11 is 11.9. The van der Waals surface area contributed by atoms with Crippen LogP contribution in [0, 0.1) is 0 Å². The highest BCUT2D eigenvalue weighted by atomic mass is 35.5. The van der Waals surface area contributed by atoms with Crippen molar-refractivity contribution in [2.45, 2.75) is 0 Å². The van der Waals surface area contributed by atoms with E-state index in [-0.39, 0.29) is 11.2 Å². The van der Waals surface area contributed by atoms with Crippen LogP contribution in [0.5, 0.6) is 5.75 Å². The lowest BCUT2D eigenvalue weighted by Crippen LogP contribution is -2.05. The molecule has 2 aromatic heterocycles. The molecule has 9 heteroatoms. The molecule has 0 atom stereocenters. The molecule has 0 aliphatic rings. The molecule has 0 fully saturated rings. The van der Waals surface area contributed by atoms with Gasteiger partial charge in [0.15, 0.2) is 5.82 Å². The van der Waals surface area contributed by atoms with Crippen molar-refractivity contribution in [1.82, 2.24) is 29.7 Å². The van der Waals surface area contributed by atoms with Crippen LogP contribution < -0.4 is 4.74 Å². The first-order chi connectivity index (χ1) is 10.2. The van der Waals surface area contributed by atoms with Gasteiger partial charge in [-0.25, -0.2) is 4.98 Å². The van der Waals surface area contributed by atoms with Crippen LogP contribution in [0.4, 0.5) is 0 Å². The van der Waals surface area contributed by atoms with Crippen molar-refractivity contribution in [3.8, 4) is 23.1 Å². The zero-order valence-corrected chi connectivity index (χ0v) is 12.2. The Morgan fingerprint density at radius 3 is 2.71 bits per heavy atom. The summed E-state index contributed by atoms with van der Waals surface area (Å²) in [5, 5.41) is 4.51. The average molecular weight is 323 g/mol. The Morgan fingerprint density at radius 2 is 2.00 bits per heavy atom. The minimum Gasteiger partial charge on any atom is -0.495 e. The molecule has 1 aromatic carbocycles. The predicted molar refractivity (Wildman–Crippen MR) is 76.8 cm³/mol. The maximum absolute atomic E-state index is 6.00. The molecule has 3 aromatic rings. The van der Waals surface area contributed by atoms with E-state index in [0.717, 1.165) is 0 Å². The van der Waals surface area contributed by atoms with Gasteiger partial charge >= 0.3 is 0 Å². The monoisotopic (exact) mass is 322 g/mol. The van der Waals surface area contributed by atoms with E-state index in [0.29, 0.717) is 22.2 Å². The van der Waals surface area contributed by atoms with Crippen molar-refractivity contribution >= 4 is 23.2 Å². The predicted octanol–water partition coefficient (Wildman–Crippen LogP) is 2.43. The standard InChI is InChI=1S/C12H8Cl2N6O/c1-21-9-4-7(2-3-8(9)13)10-17-11(14)19-12(18-10)20-6-15-5-16-20/h2-6H,1H3. The van der Waals surface area contributed by atoms with E-state index in [1.54, 1.807) is 18.2 Å². The normalized spacial score (nSPS) is 10.6. The Bertz CT molecular complexity index is 777. The smallest absolute Gasteiger partial charge is 0.256 e. The van der Waals surface area contributed by atoms with Gasteiger partial charge in [0.1, 0.15) is 18.4 Å². The Labute approximate surface area is 129 Å². The molecule has 0 radical (unpaired) electrons. The van der Waals surface area contributed by atoms with Gasteiger partial charge in [0.2, 0.25) is 5.28 Å². The van der Waals surface area contributed by atoms with Crippen LogP contribution >= 0.6 is 23.2 Å². The van der Waals surface area contributed by atoms with E-state index in [9.17, 15) is 0 Å². The lowest BCUT2D eigenvalue weighted by atomic mass is 10.2. The van der Waals surface area contributed by atoms with E-state index < -0.39 is 0 Å². The van der Waals surface area contributed by atoms with Crippen molar-refractivity contribution in [2.75, 3.05) is 7.11 Å². The number of halogens is 2. The van der Waals surface area contributed by atoms with E-state index in [1.807, 2.05) is 0 Å². The topological polar surface area (TPSA) is 78.6 Å². The fourth-order valence-corrected chi connectivity index (χ4v) is 2.03. The maximum atomic E-state index is 6.00. The van der Waals surface area contributed by atoms with Gasteiger partial charge in [0, 0.05) is 5.56 Å². The molecule has 21 heavy (non-hydrogen) atoms. The molecular formula is C12H8Cl2N6O. The van der Waals surface area contributed by atoms with Crippen LogP contribution in [0.3, 0.4) is 0 Å². The lowest BCUT2D eigenvalue weighted by Gasteiger charge is -2.07. The highest BCUT2D eigenvalue weighted by Gasteiger charge is 2.11. The molecule has 3 rings (SSSR count). The SMILES string of the molecule is COc1cc(-c2nc(Cl)nc(-n3cncn3)n2)ccc1Cl. The van der Waals surface area contributed by atoms with Crippen LogP contribution in [0.1, 0.15) is 0 Å². The number of aromatic nitrogens is 6. The third kappa shape index (κ3) is 2.79. The Hall–Kier alpha value is -2.25. The van der Waals surface area contributed by atoms with Crippen molar-refractivity contribution in [2.24, 2.45) is 0 Å². The van der Waals surface area contributed by atoms with Crippen LogP contribution in [0.2, 0.25) is 10.3 Å². The number of ether oxygens (including phenoxy) is 1. The Balaban J connectivity index is 2.10. The number of rotatable bonds is 3. The van der Waals surface area contributed by atoms with Gasteiger partial charge < -0.3 is 4.74 Å². The Morgan fingerprint density at radius 1 is 1.14 bits per heavy atom. The van der Waals surface area contributed by atoms with Gasteiger partial charge in [-0.2, -0.15) is 24.7 Å². The fourth-order valence-electron chi connectivity index (χ4n) is 1.68. The molecule has 0 saturated carbocycles. The minimum absolute atomic E-state index is 0.0550. The van der Waals surface area contributed by atoms with Gasteiger partial charge in [-0.05, 0) is 29.8 Å². The second kappa shape index (κ2) is 5.63. The molecule has 0 spiro atoms. The van der Waals surface area contributed by atoms with Crippen molar-refractivity contribution in [3.05, 3.63) is 41.2 Å². The molecule has 0 N–H and O–H groups in total. The molecular weight excluding hydrogens is 315 g/mol. The van der Waals surface area contributed by atoms with Crippen molar-refractivity contribution < 1.29 is 4.74 Å². The zero-order valence-electron chi connectivity index (χ0n) is 10.7. The van der Waals surface area contributed by atoms with Gasteiger partial charge in [-0.1, -0.05) is 11.6 Å². The fraction of sp³-hybridized carbons (Fsp3) is 0.0833. The molecule has 0 amide bonds. The van der Waals surface area contributed by atoms with Gasteiger partial charge in [0.05, 0.1) is 12.1 Å². The first-order valence-electron chi connectivity index (χ1n) is 5.78. The number of hydrogen-bond acceptors (Lipinski definition) is 6. The molecule has 0 unspecified atom stereocenters. The van der Waals surface area contributed by atoms with Crippen molar-refractivity contribution in [1.29, 1.82) is 0 Å². The quantitative estimate of drug-likeness (QED) is 0.736. The van der Waals surface area contributed by atoms with Gasteiger partial charge in [0.25, 0.3) is 5.95 Å². The highest BCUT2D eigenvalue weighted by molar-refractivity contribution is 6.32. The summed E-state index contributed by atoms with van der Waals surface area (Å²) in [6.07, 6.45) is 2.85. The molecule has 0 saturated heterocycles. The average Bonchev–Trinajstić information content (AvgIpc) is 3.01. The van der Waals surface area contributed by atoms with Crippen LogP contribution in [0.25, 0.3) is 17.3 Å².